The zero-order valence-electron chi connectivity index (χ0n) is 12.3. The summed E-state index contributed by atoms with van der Waals surface area (Å²) in [6, 6.07) is 18.0. The summed E-state index contributed by atoms with van der Waals surface area (Å²) >= 11 is 11.6. The average molecular weight is 332 g/mol. The molecule has 3 nitrogen and oxygen atoms in total. The van der Waals surface area contributed by atoms with Gasteiger partial charge in [-0.3, -0.25) is 0 Å². The third-order valence-electron chi connectivity index (χ3n) is 2.81. The van der Waals surface area contributed by atoms with Gasteiger partial charge >= 0.3 is 0 Å². The Kier molecular flexibility index (Phi) is 5.87. The van der Waals surface area contributed by atoms with Gasteiger partial charge in [-0.25, -0.2) is 0 Å². The Morgan fingerprint density at radius 1 is 0.636 bits per heavy atom. The van der Waals surface area contributed by atoms with Crippen LogP contribution in [0.5, 0.6) is 0 Å². The number of aromatic nitrogens is 3. The highest BCUT2D eigenvalue weighted by Crippen LogP contribution is 2.25. The lowest BCUT2D eigenvalue weighted by Gasteiger charge is -2.05. The molecule has 1 heterocycles. The standard InChI is InChI=1S/C15H9Cl2N3.C2H6/c16-14-18-13(19-15(17)20-14)12-8-4-7-11(9-12)10-5-2-1-3-6-10;1-2/h1-9H;1-2H3. The first-order valence-corrected chi connectivity index (χ1v) is 7.71. The van der Waals surface area contributed by atoms with Gasteiger partial charge in [0.2, 0.25) is 10.6 Å². The summed E-state index contributed by atoms with van der Waals surface area (Å²) in [6.07, 6.45) is 0. The summed E-state index contributed by atoms with van der Waals surface area (Å²) in [4.78, 5) is 11.9. The van der Waals surface area contributed by atoms with Crippen LogP contribution >= 0.6 is 23.2 Å². The fraction of sp³-hybridized carbons (Fsp3) is 0.118. The summed E-state index contributed by atoms with van der Waals surface area (Å²) in [5, 5.41) is 0.176. The zero-order chi connectivity index (χ0) is 15.9. The van der Waals surface area contributed by atoms with Crippen molar-refractivity contribution in [3.8, 4) is 22.5 Å². The molecule has 3 rings (SSSR count). The fourth-order valence-electron chi connectivity index (χ4n) is 1.92. The Bertz CT molecular complexity index is 726. The smallest absolute Gasteiger partial charge is 0.198 e. The molecule has 0 amide bonds. The van der Waals surface area contributed by atoms with Crippen LogP contribution in [0, 0.1) is 0 Å². The highest BCUT2D eigenvalue weighted by molar-refractivity contribution is 6.31. The molecule has 0 spiro atoms. The minimum atomic E-state index is 0.0881. The van der Waals surface area contributed by atoms with Crippen LogP contribution in [0.25, 0.3) is 22.5 Å². The van der Waals surface area contributed by atoms with Crippen LogP contribution in [-0.4, -0.2) is 15.0 Å². The number of halogens is 2. The molecule has 0 aliphatic carbocycles. The second-order valence-electron chi connectivity index (χ2n) is 4.14. The maximum atomic E-state index is 5.81. The van der Waals surface area contributed by atoms with E-state index < -0.39 is 0 Å². The second kappa shape index (κ2) is 7.87. The molecular formula is C17H15Cl2N3. The molecule has 0 atom stereocenters. The van der Waals surface area contributed by atoms with Crippen molar-refractivity contribution in [2.24, 2.45) is 0 Å². The van der Waals surface area contributed by atoms with Gasteiger partial charge in [0.25, 0.3) is 0 Å². The van der Waals surface area contributed by atoms with Gasteiger partial charge in [0.1, 0.15) is 0 Å². The van der Waals surface area contributed by atoms with Crippen molar-refractivity contribution in [3.05, 3.63) is 65.2 Å². The van der Waals surface area contributed by atoms with Crippen LogP contribution in [0.15, 0.2) is 54.6 Å². The van der Waals surface area contributed by atoms with E-state index in [0.29, 0.717) is 5.82 Å². The Labute approximate surface area is 140 Å². The first-order chi connectivity index (χ1) is 10.7. The molecule has 3 aromatic rings. The molecule has 0 aliphatic heterocycles. The normalized spacial score (nSPS) is 9.82. The molecule has 0 aliphatic rings. The van der Waals surface area contributed by atoms with Gasteiger partial charge in [-0.1, -0.05) is 62.4 Å². The first-order valence-electron chi connectivity index (χ1n) is 6.95. The van der Waals surface area contributed by atoms with Crippen LogP contribution in [0.3, 0.4) is 0 Å². The van der Waals surface area contributed by atoms with E-state index in [9.17, 15) is 0 Å². The molecule has 0 saturated heterocycles. The van der Waals surface area contributed by atoms with Crippen molar-refractivity contribution in [1.82, 2.24) is 15.0 Å². The van der Waals surface area contributed by atoms with Crippen LogP contribution in [0.2, 0.25) is 10.6 Å². The summed E-state index contributed by atoms with van der Waals surface area (Å²) in [5.74, 6) is 0.466. The van der Waals surface area contributed by atoms with Crippen LogP contribution < -0.4 is 0 Å². The van der Waals surface area contributed by atoms with E-state index in [1.54, 1.807) is 0 Å². The van der Waals surface area contributed by atoms with Gasteiger partial charge in [-0.05, 0) is 40.4 Å². The Morgan fingerprint density at radius 2 is 1.18 bits per heavy atom. The Hall–Kier alpha value is -1.97. The Balaban J connectivity index is 0.000000847. The number of benzene rings is 2. The summed E-state index contributed by atoms with van der Waals surface area (Å²) in [6.45, 7) is 4.00. The van der Waals surface area contributed by atoms with Crippen LogP contribution in [0.1, 0.15) is 13.8 Å². The third kappa shape index (κ3) is 4.03. The molecule has 0 radical (unpaired) electrons. The van der Waals surface area contributed by atoms with Crippen LogP contribution in [0.4, 0.5) is 0 Å². The summed E-state index contributed by atoms with van der Waals surface area (Å²) < 4.78 is 0. The molecule has 0 unspecified atom stereocenters. The average Bonchev–Trinajstić information content (AvgIpc) is 2.57. The predicted molar refractivity (Wildman–Crippen MR) is 92.1 cm³/mol. The maximum absolute atomic E-state index is 5.81. The van der Waals surface area contributed by atoms with Gasteiger partial charge in [0, 0.05) is 5.56 Å². The van der Waals surface area contributed by atoms with Crippen molar-refractivity contribution in [1.29, 1.82) is 0 Å². The van der Waals surface area contributed by atoms with Crippen LogP contribution in [-0.2, 0) is 0 Å². The zero-order valence-corrected chi connectivity index (χ0v) is 13.8. The molecule has 2 aromatic carbocycles. The van der Waals surface area contributed by atoms with E-state index in [2.05, 4.69) is 15.0 Å². The predicted octanol–water partition coefficient (Wildman–Crippen LogP) is 5.54. The molecule has 0 saturated carbocycles. The van der Waals surface area contributed by atoms with E-state index in [4.69, 9.17) is 23.2 Å². The van der Waals surface area contributed by atoms with Gasteiger partial charge in [-0.2, -0.15) is 15.0 Å². The van der Waals surface area contributed by atoms with Crippen molar-refractivity contribution in [2.75, 3.05) is 0 Å². The molecule has 112 valence electrons. The van der Waals surface area contributed by atoms with Gasteiger partial charge in [0.15, 0.2) is 5.82 Å². The Morgan fingerprint density at radius 3 is 1.82 bits per heavy atom. The quantitative estimate of drug-likeness (QED) is 0.618. The van der Waals surface area contributed by atoms with Gasteiger partial charge < -0.3 is 0 Å². The van der Waals surface area contributed by atoms with E-state index in [0.717, 1.165) is 16.7 Å². The summed E-state index contributed by atoms with van der Waals surface area (Å²) in [5.41, 5.74) is 3.05. The van der Waals surface area contributed by atoms with Crippen molar-refractivity contribution >= 4 is 23.2 Å². The molecule has 1 aromatic heterocycles. The monoisotopic (exact) mass is 331 g/mol. The minimum absolute atomic E-state index is 0.0881. The van der Waals surface area contributed by atoms with Crippen molar-refractivity contribution < 1.29 is 0 Å². The lowest BCUT2D eigenvalue weighted by molar-refractivity contribution is 1.06. The van der Waals surface area contributed by atoms with Crippen molar-refractivity contribution in [3.63, 3.8) is 0 Å². The first kappa shape index (κ1) is 16.4. The lowest BCUT2D eigenvalue weighted by atomic mass is 10.0. The molecule has 0 fully saturated rings. The highest BCUT2D eigenvalue weighted by Gasteiger charge is 2.07. The maximum Gasteiger partial charge on any atom is 0.227 e. The molecular weight excluding hydrogens is 317 g/mol. The molecule has 22 heavy (non-hydrogen) atoms. The second-order valence-corrected chi connectivity index (χ2v) is 4.82. The molecule has 5 heteroatoms. The van der Waals surface area contributed by atoms with Gasteiger partial charge in [-0.15, -0.1) is 0 Å². The number of hydrogen-bond donors (Lipinski definition) is 0. The largest absolute Gasteiger partial charge is 0.227 e. The van der Waals surface area contributed by atoms with E-state index in [1.165, 1.54) is 0 Å². The topological polar surface area (TPSA) is 38.7 Å². The summed E-state index contributed by atoms with van der Waals surface area (Å²) in [7, 11) is 0. The van der Waals surface area contributed by atoms with E-state index >= 15 is 0 Å². The number of nitrogens with zero attached hydrogens (tertiary/aromatic N) is 3. The SMILES string of the molecule is CC.Clc1nc(Cl)nc(-c2cccc(-c3ccccc3)c2)n1. The lowest BCUT2D eigenvalue weighted by Crippen LogP contribution is -1.93. The highest BCUT2D eigenvalue weighted by atomic mass is 35.5. The minimum Gasteiger partial charge on any atom is -0.198 e. The molecule has 0 bridgehead atoms. The van der Waals surface area contributed by atoms with Crippen molar-refractivity contribution in [2.45, 2.75) is 13.8 Å². The molecule has 0 N–H and O–H groups in total. The number of hydrogen-bond acceptors (Lipinski definition) is 3. The third-order valence-corrected chi connectivity index (χ3v) is 3.15. The van der Waals surface area contributed by atoms with Gasteiger partial charge in [0.05, 0.1) is 0 Å². The number of rotatable bonds is 2. The fourth-order valence-corrected chi connectivity index (χ4v) is 2.29. The van der Waals surface area contributed by atoms with E-state index in [1.807, 2.05) is 68.4 Å². The van der Waals surface area contributed by atoms with E-state index in [-0.39, 0.29) is 10.6 Å².